The Labute approximate surface area is 180 Å². The van der Waals surface area contributed by atoms with E-state index >= 15 is 0 Å². The van der Waals surface area contributed by atoms with Gasteiger partial charge in [0, 0.05) is 26.1 Å². The van der Waals surface area contributed by atoms with Gasteiger partial charge in [-0.05, 0) is 24.3 Å². The second kappa shape index (κ2) is 8.03. The van der Waals surface area contributed by atoms with Crippen molar-refractivity contribution in [3.05, 3.63) is 54.1 Å². The molecule has 0 radical (unpaired) electrons. The van der Waals surface area contributed by atoms with Crippen LogP contribution in [0.15, 0.2) is 58.4 Å². The summed E-state index contributed by atoms with van der Waals surface area (Å²) < 4.78 is 32.6. The topological polar surface area (TPSA) is 108 Å². The minimum absolute atomic E-state index is 0.0462. The van der Waals surface area contributed by atoms with Gasteiger partial charge in [-0.25, -0.2) is 8.42 Å². The first-order chi connectivity index (χ1) is 14.8. The number of hydrogen-bond acceptors (Lipinski definition) is 6. The molecule has 2 aliphatic heterocycles. The van der Waals surface area contributed by atoms with Crippen molar-refractivity contribution in [2.24, 2.45) is 4.99 Å². The third-order valence-corrected chi connectivity index (χ3v) is 6.45. The number of para-hydroxylation sites is 2. The number of fused-ring (bicyclic) bond motifs is 2. The number of amides is 2. The van der Waals surface area contributed by atoms with Gasteiger partial charge in [0.2, 0.25) is 5.91 Å². The maximum absolute atomic E-state index is 13.0. The van der Waals surface area contributed by atoms with Crippen LogP contribution in [-0.2, 0) is 19.6 Å². The molecule has 0 saturated carbocycles. The zero-order chi connectivity index (χ0) is 22.2. The first kappa shape index (κ1) is 20.9. The average molecular weight is 442 g/mol. The SMILES string of the molecule is CN(C)C(=O)C1CN(C(=O)CCN=C2NS(=O)(=O)c3ccccc32)c2ccccc2O1. The number of hydrogen-bond donors (Lipinski definition) is 1. The Morgan fingerprint density at radius 2 is 1.87 bits per heavy atom. The van der Waals surface area contributed by atoms with Gasteiger partial charge in [0.1, 0.15) is 11.6 Å². The summed E-state index contributed by atoms with van der Waals surface area (Å²) >= 11 is 0. The Morgan fingerprint density at radius 1 is 1.16 bits per heavy atom. The van der Waals surface area contributed by atoms with Crippen molar-refractivity contribution in [1.82, 2.24) is 9.62 Å². The highest BCUT2D eigenvalue weighted by atomic mass is 32.2. The Hall–Kier alpha value is -3.40. The van der Waals surface area contributed by atoms with Gasteiger partial charge in [0.05, 0.1) is 23.7 Å². The molecule has 162 valence electrons. The predicted molar refractivity (Wildman–Crippen MR) is 115 cm³/mol. The number of likely N-dealkylation sites (N-methyl/N-ethyl adjacent to an activating group) is 1. The number of nitrogens with zero attached hydrogens (tertiary/aromatic N) is 3. The fraction of sp³-hybridized carbons (Fsp3) is 0.286. The molecular weight excluding hydrogens is 420 g/mol. The summed E-state index contributed by atoms with van der Waals surface area (Å²) in [5.41, 5.74) is 1.08. The molecule has 10 heteroatoms. The molecule has 4 rings (SSSR count). The van der Waals surface area contributed by atoms with Crippen molar-refractivity contribution in [3.8, 4) is 5.75 Å². The first-order valence-electron chi connectivity index (χ1n) is 9.72. The number of amidine groups is 1. The largest absolute Gasteiger partial charge is 0.476 e. The lowest BCUT2D eigenvalue weighted by molar-refractivity contribution is -0.136. The lowest BCUT2D eigenvalue weighted by Crippen LogP contribution is -2.50. The van der Waals surface area contributed by atoms with E-state index in [0.29, 0.717) is 17.0 Å². The van der Waals surface area contributed by atoms with Gasteiger partial charge in [-0.3, -0.25) is 19.3 Å². The molecule has 0 fully saturated rings. The van der Waals surface area contributed by atoms with Crippen molar-refractivity contribution in [2.75, 3.05) is 32.1 Å². The zero-order valence-corrected chi connectivity index (χ0v) is 17.9. The standard InChI is InChI=1S/C21H22N4O5S/c1-24(2)21(27)17-13-25(15-8-4-5-9-16(15)30-17)19(26)11-12-22-20-14-7-3-6-10-18(14)31(28,29)23-20/h3-10,17H,11-13H2,1-2H3,(H,22,23). The molecule has 0 aromatic heterocycles. The molecule has 1 N–H and O–H groups in total. The van der Waals surface area contributed by atoms with Gasteiger partial charge >= 0.3 is 0 Å². The van der Waals surface area contributed by atoms with Crippen molar-refractivity contribution in [3.63, 3.8) is 0 Å². The van der Waals surface area contributed by atoms with E-state index in [1.807, 2.05) is 0 Å². The van der Waals surface area contributed by atoms with E-state index in [9.17, 15) is 18.0 Å². The van der Waals surface area contributed by atoms with E-state index < -0.39 is 16.1 Å². The second-order valence-electron chi connectivity index (χ2n) is 7.39. The molecule has 2 amide bonds. The summed E-state index contributed by atoms with van der Waals surface area (Å²) in [4.78, 5) is 32.8. The first-order valence-corrected chi connectivity index (χ1v) is 11.2. The molecule has 2 aromatic carbocycles. The monoisotopic (exact) mass is 442 g/mol. The summed E-state index contributed by atoms with van der Waals surface area (Å²) in [6, 6.07) is 13.6. The average Bonchev–Trinajstić information content (AvgIpc) is 3.02. The number of carbonyl (C=O) groups excluding carboxylic acids is 2. The van der Waals surface area contributed by atoms with E-state index in [1.54, 1.807) is 56.6 Å². The van der Waals surface area contributed by atoms with E-state index in [2.05, 4.69) is 9.71 Å². The fourth-order valence-corrected chi connectivity index (χ4v) is 4.79. The van der Waals surface area contributed by atoms with Crippen molar-refractivity contribution < 1.29 is 22.7 Å². The lowest BCUT2D eigenvalue weighted by Gasteiger charge is -2.35. The van der Waals surface area contributed by atoms with Crippen LogP contribution in [0.4, 0.5) is 5.69 Å². The zero-order valence-electron chi connectivity index (χ0n) is 17.1. The van der Waals surface area contributed by atoms with Gasteiger partial charge in [0.25, 0.3) is 15.9 Å². The van der Waals surface area contributed by atoms with Crippen LogP contribution >= 0.6 is 0 Å². The minimum atomic E-state index is -3.63. The Balaban J connectivity index is 1.51. The number of benzene rings is 2. The molecule has 2 aromatic rings. The molecule has 0 saturated heterocycles. The van der Waals surface area contributed by atoms with Gasteiger partial charge < -0.3 is 14.5 Å². The number of nitrogens with one attached hydrogen (secondary N) is 1. The molecule has 2 aliphatic rings. The summed E-state index contributed by atoms with van der Waals surface area (Å²) in [5.74, 6) is 0.229. The molecule has 0 spiro atoms. The number of rotatable bonds is 4. The minimum Gasteiger partial charge on any atom is -0.476 e. The van der Waals surface area contributed by atoms with Crippen LogP contribution < -0.4 is 14.4 Å². The van der Waals surface area contributed by atoms with E-state index in [4.69, 9.17) is 4.74 Å². The van der Waals surface area contributed by atoms with Crippen LogP contribution in [0, 0.1) is 0 Å². The number of ether oxygens (including phenoxy) is 1. The van der Waals surface area contributed by atoms with E-state index in [0.717, 1.165) is 0 Å². The van der Waals surface area contributed by atoms with Gasteiger partial charge in [-0.15, -0.1) is 0 Å². The lowest BCUT2D eigenvalue weighted by atomic mass is 10.1. The molecule has 0 aliphatic carbocycles. The van der Waals surface area contributed by atoms with Crippen molar-refractivity contribution >= 4 is 33.4 Å². The van der Waals surface area contributed by atoms with Crippen LogP contribution in [0.2, 0.25) is 0 Å². The fourth-order valence-electron chi connectivity index (χ4n) is 3.54. The van der Waals surface area contributed by atoms with Gasteiger partial charge in [0.15, 0.2) is 6.10 Å². The smallest absolute Gasteiger partial charge is 0.265 e. The van der Waals surface area contributed by atoms with Gasteiger partial charge in [-0.2, -0.15) is 0 Å². The Kier molecular flexibility index (Phi) is 5.40. The quantitative estimate of drug-likeness (QED) is 0.760. The van der Waals surface area contributed by atoms with E-state index in [1.165, 1.54) is 15.9 Å². The highest BCUT2D eigenvalue weighted by Crippen LogP contribution is 2.33. The molecule has 1 unspecified atom stereocenters. The number of aliphatic imine (C=N–C) groups is 1. The predicted octanol–water partition coefficient (Wildman–Crippen LogP) is 0.998. The molecule has 0 bridgehead atoms. The third-order valence-electron chi connectivity index (χ3n) is 5.05. The maximum Gasteiger partial charge on any atom is 0.265 e. The van der Waals surface area contributed by atoms with Crippen LogP contribution in [0.3, 0.4) is 0 Å². The summed E-state index contributed by atoms with van der Waals surface area (Å²) in [6.07, 6.45) is -0.751. The van der Waals surface area contributed by atoms with Crippen molar-refractivity contribution in [2.45, 2.75) is 17.4 Å². The molecule has 9 nitrogen and oxygen atoms in total. The molecule has 1 atom stereocenters. The highest BCUT2D eigenvalue weighted by Gasteiger charge is 2.34. The highest BCUT2D eigenvalue weighted by molar-refractivity contribution is 7.90. The van der Waals surface area contributed by atoms with Crippen LogP contribution in [0.25, 0.3) is 0 Å². The summed E-state index contributed by atoms with van der Waals surface area (Å²) in [7, 11) is -0.358. The molecule has 31 heavy (non-hydrogen) atoms. The van der Waals surface area contributed by atoms with E-state index in [-0.39, 0.29) is 42.1 Å². The number of carbonyl (C=O) groups is 2. The number of sulfonamides is 1. The second-order valence-corrected chi connectivity index (χ2v) is 9.04. The molecule has 2 heterocycles. The molecular formula is C21H22N4O5S. The third kappa shape index (κ3) is 3.98. The Morgan fingerprint density at radius 3 is 2.65 bits per heavy atom. The Bertz CT molecular complexity index is 1180. The number of anilines is 1. The maximum atomic E-state index is 13.0. The normalized spacial score (nSPS) is 19.7. The van der Waals surface area contributed by atoms with Crippen LogP contribution in [0.1, 0.15) is 12.0 Å². The van der Waals surface area contributed by atoms with Gasteiger partial charge in [-0.1, -0.05) is 24.3 Å². The summed E-state index contributed by atoms with van der Waals surface area (Å²) in [5, 5.41) is 0. The van der Waals surface area contributed by atoms with Crippen LogP contribution in [0.5, 0.6) is 5.75 Å². The van der Waals surface area contributed by atoms with Crippen molar-refractivity contribution in [1.29, 1.82) is 0 Å². The van der Waals surface area contributed by atoms with Crippen LogP contribution in [-0.4, -0.2) is 64.3 Å². The summed E-state index contributed by atoms with van der Waals surface area (Å²) in [6.45, 7) is 0.190.